The highest BCUT2D eigenvalue weighted by atomic mass is 16.5. The predicted octanol–water partition coefficient (Wildman–Crippen LogP) is 3.98. The number of piperidine rings is 1. The highest BCUT2D eigenvalue weighted by Crippen LogP contribution is 2.30. The maximum absolute atomic E-state index is 13.2. The van der Waals surface area contributed by atoms with Gasteiger partial charge in [0.25, 0.3) is 0 Å². The zero-order chi connectivity index (χ0) is 20.9. The highest BCUT2D eigenvalue weighted by Gasteiger charge is 2.27. The van der Waals surface area contributed by atoms with E-state index < -0.39 is 0 Å². The number of hydrogen-bond acceptors (Lipinski definition) is 5. The SMILES string of the molecule is COc1ccc(C(=O)[C@H]2CCCN(Cc3cccn3-c3cccnc3)C2)cc1OC. The fraction of sp³-hybridized carbons (Fsp3) is 0.333. The molecule has 0 spiro atoms. The summed E-state index contributed by atoms with van der Waals surface area (Å²) in [5.74, 6) is 1.38. The fourth-order valence-electron chi connectivity index (χ4n) is 4.16. The zero-order valence-corrected chi connectivity index (χ0v) is 17.5. The van der Waals surface area contributed by atoms with Gasteiger partial charge in [-0.25, -0.2) is 0 Å². The molecule has 1 aliphatic heterocycles. The van der Waals surface area contributed by atoms with Crippen molar-refractivity contribution in [3.63, 3.8) is 0 Å². The monoisotopic (exact) mass is 405 g/mol. The first-order chi connectivity index (χ1) is 14.7. The molecule has 6 nitrogen and oxygen atoms in total. The van der Waals surface area contributed by atoms with E-state index in [0.29, 0.717) is 17.1 Å². The molecule has 0 saturated carbocycles. The minimum atomic E-state index is -0.0151. The van der Waals surface area contributed by atoms with Crippen molar-refractivity contribution < 1.29 is 14.3 Å². The largest absolute Gasteiger partial charge is 0.493 e. The van der Waals surface area contributed by atoms with Gasteiger partial charge in [0.2, 0.25) is 0 Å². The Morgan fingerprint density at radius 2 is 2.00 bits per heavy atom. The molecular weight excluding hydrogens is 378 g/mol. The number of rotatable bonds is 7. The molecule has 1 fully saturated rings. The second-order valence-electron chi connectivity index (χ2n) is 7.59. The molecule has 1 saturated heterocycles. The molecule has 30 heavy (non-hydrogen) atoms. The summed E-state index contributed by atoms with van der Waals surface area (Å²) in [7, 11) is 3.19. The van der Waals surface area contributed by atoms with Crippen molar-refractivity contribution in [1.29, 1.82) is 0 Å². The van der Waals surface area contributed by atoms with E-state index >= 15 is 0 Å². The third-order valence-corrected chi connectivity index (χ3v) is 5.69. The number of benzene rings is 1. The van der Waals surface area contributed by atoms with Gasteiger partial charge in [0.1, 0.15) is 0 Å². The van der Waals surface area contributed by atoms with E-state index in [-0.39, 0.29) is 11.7 Å². The molecule has 4 rings (SSSR count). The number of hydrogen-bond donors (Lipinski definition) is 0. The first-order valence-electron chi connectivity index (χ1n) is 10.2. The molecular formula is C24H27N3O3. The van der Waals surface area contributed by atoms with Gasteiger partial charge in [-0.15, -0.1) is 0 Å². The summed E-state index contributed by atoms with van der Waals surface area (Å²) < 4.78 is 12.8. The molecule has 3 aromatic rings. The lowest BCUT2D eigenvalue weighted by molar-refractivity contribution is 0.0809. The smallest absolute Gasteiger partial charge is 0.167 e. The van der Waals surface area contributed by atoms with Crippen molar-refractivity contribution in [2.45, 2.75) is 19.4 Å². The maximum Gasteiger partial charge on any atom is 0.167 e. The van der Waals surface area contributed by atoms with Crippen LogP contribution in [0.5, 0.6) is 11.5 Å². The van der Waals surface area contributed by atoms with E-state index in [4.69, 9.17) is 9.47 Å². The van der Waals surface area contributed by atoms with Crippen molar-refractivity contribution in [3.05, 3.63) is 72.3 Å². The Morgan fingerprint density at radius 3 is 2.77 bits per heavy atom. The van der Waals surface area contributed by atoms with E-state index in [1.54, 1.807) is 32.5 Å². The van der Waals surface area contributed by atoms with Gasteiger partial charge in [0.15, 0.2) is 17.3 Å². The van der Waals surface area contributed by atoms with Crippen LogP contribution in [0.4, 0.5) is 0 Å². The standard InChI is InChI=1S/C24H27N3O3/c1-29-22-10-9-18(14-23(22)30-2)24(28)19-6-4-12-26(16-19)17-21-8-5-13-27(21)20-7-3-11-25-15-20/h3,5,7-11,13-15,19H,4,6,12,16-17H2,1-2H3/t19-/m0/s1. The van der Waals surface area contributed by atoms with Crippen LogP contribution in [0.1, 0.15) is 28.9 Å². The molecule has 0 aliphatic carbocycles. The maximum atomic E-state index is 13.2. The topological polar surface area (TPSA) is 56.6 Å². The molecule has 2 aromatic heterocycles. The Labute approximate surface area is 177 Å². The second kappa shape index (κ2) is 9.13. The number of ketones is 1. The summed E-state index contributed by atoms with van der Waals surface area (Å²) in [5, 5.41) is 0. The van der Waals surface area contributed by atoms with Gasteiger partial charge in [-0.3, -0.25) is 14.7 Å². The van der Waals surface area contributed by atoms with E-state index in [9.17, 15) is 4.79 Å². The van der Waals surface area contributed by atoms with Crippen molar-refractivity contribution in [3.8, 4) is 17.2 Å². The van der Waals surface area contributed by atoms with Crippen LogP contribution in [0, 0.1) is 5.92 Å². The van der Waals surface area contributed by atoms with E-state index in [0.717, 1.165) is 38.2 Å². The van der Waals surface area contributed by atoms with E-state index in [1.807, 2.05) is 18.3 Å². The van der Waals surface area contributed by atoms with E-state index in [2.05, 4.69) is 38.8 Å². The van der Waals surface area contributed by atoms with Crippen LogP contribution in [0.2, 0.25) is 0 Å². The van der Waals surface area contributed by atoms with Crippen LogP contribution in [-0.4, -0.2) is 47.5 Å². The number of nitrogens with zero attached hydrogens (tertiary/aromatic N) is 3. The molecule has 1 aromatic carbocycles. The molecule has 156 valence electrons. The van der Waals surface area contributed by atoms with Crippen molar-refractivity contribution in [2.75, 3.05) is 27.3 Å². The Kier molecular flexibility index (Phi) is 6.14. The second-order valence-corrected chi connectivity index (χ2v) is 7.59. The normalized spacial score (nSPS) is 16.9. The van der Waals surface area contributed by atoms with Crippen LogP contribution in [-0.2, 0) is 6.54 Å². The Hall–Kier alpha value is -3.12. The lowest BCUT2D eigenvalue weighted by Gasteiger charge is -2.32. The Balaban J connectivity index is 1.47. The molecule has 6 heteroatoms. The van der Waals surface area contributed by atoms with Crippen LogP contribution in [0.15, 0.2) is 61.1 Å². The first-order valence-corrected chi connectivity index (χ1v) is 10.2. The summed E-state index contributed by atoms with van der Waals surface area (Å²) in [6, 6.07) is 13.6. The van der Waals surface area contributed by atoms with Crippen LogP contribution in [0.25, 0.3) is 5.69 Å². The molecule has 0 radical (unpaired) electrons. The van der Waals surface area contributed by atoms with Crippen molar-refractivity contribution in [2.24, 2.45) is 5.92 Å². The quantitative estimate of drug-likeness (QED) is 0.557. The average Bonchev–Trinajstić information content (AvgIpc) is 3.27. The van der Waals surface area contributed by atoms with Crippen LogP contribution in [0.3, 0.4) is 0 Å². The number of likely N-dealkylation sites (tertiary alicyclic amines) is 1. The molecule has 0 unspecified atom stereocenters. The van der Waals surface area contributed by atoms with Gasteiger partial charge < -0.3 is 14.0 Å². The molecule has 3 heterocycles. The van der Waals surface area contributed by atoms with Crippen LogP contribution >= 0.6 is 0 Å². The predicted molar refractivity (Wildman–Crippen MR) is 115 cm³/mol. The van der Waals surface area contributed by atoms with Crippen LogP contribution < -0.4 is 9.47 Å². The summed E-state index contributed by atoms with van der Waals surface area (Å²) >= 11 is 0. The molecule has 1 aliphatic rings. The van der Waals surface area contributed by atoms with Gasteiger partial charge in [0, 0.05) is 42.7 Å². The van der Waals surface area contributed by atoms with Gasteiger partial charge in [-0.2, -0.15) is 0 Å². The highest BCUT2D eigenvalue weighted by molar-refractivity contribution is 5.98. The lowest BCUT2D eigenvalue weighted by atomic mass is 9.89. The third-order valence-electron chi connectivity index (χ3n) is 5.69. The summed E-state index contributed by atoms with van der Waals surface area (Å²) in [6.45, 7) is 2.55. The van der Waals surface area contributed by atoms with E-state index in [1.165, 1.54) is 5.69 Å². The average molecular weight is 405 g/mol. The fourth-order valence-corrected chi connectivity index (χ4v) is 4.16. The number of carbonyl (C=O) groups is 1. The van der Waals surface area contributed by atoms with Crippen molar-refractivity contribution in [1.82, 2.24) is 14.5 Å². The number of aromatic nitrogens is 2. The number of Topliss-reactive ketones (excluding diaryl/α,β-unsaturated/α-hetero) is 1. The zero-order valence-electron chi connectivity index (χ0n) is 17.5. The van der Waals surface area contributed by atoms with Gasteiger partial charge in [-0.05, 0) is 61.9 Å². The van der Waals surface area contributed by atoms with Gasteiger partial charge in [-0.1, -0.05) is 0 Å². The Morgan fingerprint density at radius 1 is 1.13 bits per heavy atom. The Bertz CT molecular complexity index is 1000. The summed E-state index contributed by atoms with van der Waals surface area (Å²) in [5.41, 5.74) is 2.92. The number of pyridine rings is 1. The first kappa shape index (κ1) is 20.2. The molecule has 0 N–H and O–H groups in total. The minimum Gasteiger partial charge on any atom is -0.493 e. The molecule has 1 atom stereocenters. The number of methoxy groups -OCH3 is 2. The summed E-state index contributed by atoms with van der Waals surface area (Å²) in [6.07, 6.45) is 7.62. The van der Waals surface area contributed by atoms with Crippen molar-refractivity contribution >= 4 is 5.78 Å². The minimum absolute atomic E-state index is 0.0151. The summed E-state index contributed by atoms with van der Waals surface area (Å²) in [4.78, 5) is 19.8. The van der Waals surface area contributed by atoms with Gasteiger partial charge >= 0.3 is 0 Å². The number of carbonyl (C=O) groups excluding carboxylic acids is 1. The third kappa shape index (κ3) is 4.24. The molecule has 0 bridgehead atoms. The molecule has 0 amide bonds. The van der Waals surface area contributed by atoms with Gasteiger partial charge in [0.05, 0.1) is 26.1 Å². The lowest BCUT2D eigenvalue weighted by Crippen LogP contribution is -2.38. The number of ether oxygens (including phenoxy) is 2.